The number of aliphatic imine (C=N–C) groups is 1. The van der Waals surface area contributed by atoms with Crippen molar-refractivity contribution in [3.05, 3.63) is 17.5 Å². The van der Waals surface area contributed by atoms with Crippen molar-refractivity contribution in [2.45, 2.75) is 45.6 Å². The minimum atomic E-state index is 0.0747. The summed E-state index contributed by atoms with van der Waals surface area (Å²) in [4.78, 5) is 18.7. The molecule has 1 saturated heterocycles. The van der Waals surface area contributed by atoms with Gasteiger partial charge in [0.05, 0.1) is 11.5 Å². The van der Waals surface area contributed by atoms with Crippen LogP contribution in [0.3, 0.4) is 0 Å². The average Bonchev–Trinajstić information content (AvgIpc) is 3.15. The Morgan fingerprint density at radius 3 is 2.76 bits per heavy atom. The zero-order valence-electron chi connectivity index (χ0n) is 15.4. The third-order valence-electron chi connectivity index (χ3n) is 4.18. The highest BCUT2D eigenvalue weighted by atomic mass is 32.1. The molecule has 1 aliphatic heterocycles. The molecule has 1 aromatic rings. The van der Waals surface area contributed by atoms with E-state index in [1.807, 2.05) is 0 Å². The van der Waals surface area contributed by atoms with Gasteiger partial charge in [0.15, 0.2) is 5.96 Å². The highest BCUT2D eigenvalue weighted by Gasteiger charge is 2.20. The van der Waals surface area contributed by atoms with Crippen LogP contribution in [0.5, 0.6) is 0 Å². The number of nitrogens with zero attached hydrogens (tertiary/aromatic N) is 2. The predicted molar refractivity (Wildman–Crippen MR) is 107 cm³/mol. The Labute approximate surface area is 155 Å². The number of amides is 1. The zero-order chi connectivity index (χ0) is 17.9. The number of carbonyl (C=O) groups excluding carboxylic acids is 1. The molecule has 0 aromatic carbocycles. The van der Waals surface area contributed by atoms with Gasteiger partial charge in [0.2, 0.25) is 5.91 Å². The number of anilines is 1. The molecule has 1 aliphatic rings. The summed E-state index contributed by atoms with van der Waals surface area (Å²) in [6.07, 6.45) is 3.59. The van der Waals surface area contributed by atoms with Gasteiger partial charge in [0, 0.05) is 38.6 Å². The van der Waals surface area contributed by atoms with Crippen LogP contribution in [-0.2, 0) is 4.79 Å². The molecule has 1 aromatic heterocycles. The molecule has 25 heavy (non-hydrogen) atoms. The number of hydrogen-bond donors (Lipinski definition) is 3. The van der Waals surface area contributed by atoms with Crippen LogP contribution in [-0.4, -0.2) is 50.6 Å². The third-order valence-corrected chi connectivity index (χ3v) is 5.11. The van der Waals surface area contributed by atoms with Crippen molar-refractivity contribution in [2.24, 2.45) is 4.99 Å². The van der Waals surface area contributed by atoms with E-state index in [9.17, 15) is 4.79 Å². The molecule has 2 rings (SSSR count). The molecular weight excluding hydrogens is 334 g/mol. The van der Waals surface area contributed by atoms with Crippen molar-refractivity contribution >= 4 is 28.2 Å². The summed E-state index contributed by atoms with van der Waals surface area (Å²) >= 11 is 1.80. The molecule has 0 spiro atoms. The normalized spacial score (nSPS) is 15.9. The first-order chi connectivity index (χ1) is 12.2. The van der Waals surface area contributed by atoms with Crippen molar-refractivity contribution < 1.29 is 4.79 Å². The van der Waals surface area contributed by atoms with E-state index in [1.54, 1.807) is 11.3 Å². The molecule has 0 bridgehead atoms. The predicted octanol–water partition coefficient (Wildman–Crippen LogP) is 2.19. The van der Waals surface area contributed by atoms with Gasteiger partial charge in [0.1, 0.15) is 0 Å². The molecule has 2 heterocycles. The average molecular weight is 366 g/mol. The summed E-state index contributed by atoms with van der Waals surface area (Å²) in [6, 6.07) is 4.73. The van der Waals surface area contributed by atoms with Crippen LogP contribution in [0.15, 0.2) is 22.5 Å². The summed E-state index contributed by atoms with van der Waals surface area (Å²) in [7, 11) is 0. The van der Waals surface area contributed by atoms with Crippen molar-refractivity contribution in [3.8, 4) is 0 Å². The maximum atomic E-state index is 11.7. The molecule has 140 valence electrons. The summed E-state index contributed by atoms with van der Waals surface area (Å²) in [5, 5.41) is 13.2. The van der Waals surface area contributed by atoms with Crippen LogP contribution in [0, 0.1) is 0 Å². The number of hydrogen-bond acceptors (Lipinski definition) is 4. The molecule has 0 aliphatic carbocycles. The maximum Gasteiger partial charge on any atom is 0.221 e. The van der Waals surface area contributed by atoms with E-state index < -0.39 is 0 Å². The number of nitrogens with one attached hydrogen (secondary N) is 3. The second kappa shape index (κ2) is 11.0. The van der Waals surface area contributed by atoms with E-state index >= 15 is 0 Å². The summed E-state index contributed by atoms with van der Waals surface area (Å²) < 4.78 is 0. The molecule has 3 N–H and O–H groups in total. The first kappa shape index (κ1) is 19.6. The molecular formula is C18H31N5OS. The fourth-order valence-electron chi connectivity index (χ4n) is 2.83. The van der Waals surface area contributed by atoms with Gasteiger partial charge in [-0.25, -0.2) is 0 Å². The zero-order valence-corrected chi connectivity index (χ0v) is 16.2. The smallest absolute Gasteiger partial charge is 0.221 e. The minimum absolute atomic E-state index is 0.0747. The highest BCUT2D eigenvalue weighted by Crippen LogP contribution is 2.24. The Hall–Kier alpha value is -1.76. The van der Waals surface area contributed by atoms with Crippen LogP contribution in [0.2, 0.25) is 0 Å². The number of rotatable bonds is 8. The fraction of sp³-hybridized carbons (Fsp3) is 0.667. The number of guanidine groups is 1. The molecule has 0 unspecified atom stereocenters. The minimum Gasteiger partial charge on any atom is -0.363 e. The second-order valence-electron chi connectivity index (χ2n) is 6.22. The van der Waals surface area contributed by atoms with Gasteiger partial charge in [-0.3, -0.25) is 9.79 Å². The van der Waals surface area contributed by atoms with Crippen LogP contribution in [0.1, 0.15) is 39.5 Å². The molecule has 6 nitrogen and oxygen atoms in total. The first-order valence-corrected chi connectivity index (χ1v) is 10.2. The van der Waals surface area contributed by atoms with Gasteiger partial charge < -0.3 is 20.9 Å². The van der Waals surface area contributed by atoms with Crippen LogP contribution in [0.25, 0.3) is 0 Å². The topological polar surface area (TPSA) is 68.8 Å². The molecule has 1 fully saturated rings. The van der Waals surface area contributed by atoms with Crippen molar-refractivity contribution in [1.82, 2.24) is 16.0 Å². The lowest BCUT2D eigenvalue weighted by atomic mass is 10.1. The van der Waals surface area contributed by atoms with Gasteiger partial charge in [-0.1, -0.05) is 6.92 Å². The third kappa shape index (κ3) is 6.94. The Morgan fingerprint density at radius 2 is 2.12 bits per heavy atom. The van der Waals surface area contributed by atoms with Crippen molar-refractivity contribution in [3.63, 3.8) is 0 Å². The maximum absolute atomic E-state index is 11.7. The Kier molecular flexibility index (Phi) is 8.59. The molecule has 0 atom stereocenters. The largest absolute Gasteiger partial charge is 0.363 e. The van der Waals surface area contributed by atoms with Crippen LogP contribution in [0.4, 0.5) is 5.00 Å². The lowest BCUT2D eigenvalue weighted by Crippen LogP contribution is -2.48. The van der Waals surface area contributed by atoms with E-state index in [4.69, 9.17) is 0 Å². The van der Waals surface area contributed by atoms with Crippen LogP contribution >= 0.6 is 11.3 Å². The van der Waals surface area contributed by atoms with E-state index in [-0.39, 0.29) is 5.91 Å². The van der Waals surface area contributed by atoms with E-state index in [0.29, 0.717) is 19.0 Å². The van der Waals surface area contributed by atoms with Gasteiger partial charge in [-0.05, 0) is 43.7 Å². The van der Waals surface area contributed by atoms with E-state index in [0.717, 1.165) is 51.4 Å². The van der Waals surface area contributed by atoms with Crippen molar-refractivity contribution in [2.75, 3.05) is 37.6 Å². The lowest BCUT2D eigenvalue weighted by molar-refractivity contribution is -0.120. The molecule has 1 amide bonds. The Balaban J connectivity index is 1.75. The van der Waals surface area contributed by atoms with Gasteiger partial charge in [0.25, 0.3) is 0 Å². The van der Waals surface area contributed by atoms with Gasteiger partial charge >= 0.3 is 0 Å². The number of thiophene rings is 1. The quantitative estimate of drug-likeness (QED) is 0.488. The van der Waals surface area contributed by atoms with Crippen molar-refractivity contribution in [1.29, 1.82) is 0 Å². The Morgan fingerprint density at radius 1 is 1.32 bits per heavy atom. The molecule has 0 saturated carbocycles. The van der Waals surface area contributed by atoms with Gasteiger partial charge in [-0.2, -0.15) is 0 Å². The fourth-order valence-corrected chi connectivity index (χ4v) is 3.61. The molecule has 7 heteroatoms. The van der Waals surface area contributed by atoms with Crippen LogP contribution < -0.4 is 20.9 Å². The number of piperidine rings is 1. The van der Waals surface area contributed by atoms with E-state index in [2.05, 4.69) is 57.2 Å². The second-order valence-corrected chi connectivity index (χ2v) is 7.14. The summed E-state index contributed by atoms with van der Waals surface area (Å²) in [5.41, 5.74) is 0. The number of carbonyl (C=O) groups is 1. The van der Waals surface area contributed by atoms with Gasteiger partial charge in [-0.15, -0.1) is 11.3 Å². The summed E-state index contributed by atoms with van der Waals surface area (Å²) in [6.45, 7) is 8.32. The standard InChI is InChI=1S/C18H31N5OS/c1-3-10-20-16(24)7-11-21-18(19-4-2)22-15-8-12-23(13-9-15)17-6-5-14-25-17/h5-6,14-15H,3-4,7-13H2,1-2H3,(H,20,24)(H2,19,21,22). The first-order valence-electron chi connectivity index (χ1n) is 9.33. The SMILES string of the molecule is CCCNC(=O)CCN=C(NCC)NC1CCN(c2cccs2)CC1. The summed E-state index contributed by atoms with van der Waals surface area (Å²) in [5.74, 6) is 0.895. The highest BCUT2D eigenvalue weighted by molar-refractivity contribution is 7.14. The monoisotopic (exact) mass is 365 g/mol. The Bertz CT molecular complexity index is 524. The molecule has 0 radical (unpaired) electrons. The lowest BCUT2D eigenvalue weighted by Gasteiger charge is -2.33. The van der Waals surface area contributed by atoms with E-state index in [1.165, 1.54) is 5.00 Å².